The van der Waals surface area contributed by atoms with Gasteiger partial charge in [0.1, 0.15) is 0 Å². The number of halogens is 1. The van der Waals surface area contributed by atoms with Gasteiger partial charge in [-0.1, -0.05) is 18.5 Å². The number of hydrogen-bond donors (Lipinski definition) is 3. The van der Waals surface area contributed by atoms with Gasteiger partial charge in [0.15, 0.2) is 11.0 Å². The van der Waals surface area contributed by atoms with Crippen LogP contribution in [0.5, 0.6) is 0 Å². The molecule has 96 valence electrons. The molecular formula is C11H18ClN3O2. The summed E-state index contributed by atoms with van der Waals surface area (Å²) in [6, 6.07) is 0. The highest BCUT2D eigenvalue weighted by atomic mass is 35.5. The van der Waals surface area contributed by atoms with Gasteiger partial charge in [-0.25, -0.2) is 9.97 Å². The Kier molecular flexibility index (Phi) is 4.68. The Morgan fingerprint density at radius 1 is 1.18 bits per heavy atom. The van der Waals surface area contributed by atoms with Crippen molar-refractivity contribution in [3.8, 4) is 0 Å². The van der Waals surface area contributed by atoms with Crippen molar-refractivity contribution in [3.05, 3.63) is 16.5 Å². The second kappa shape index (κ2) is 5.62. The van der Waals surface area contributed by atoms with Crippen LogP contribution < -0.4 is 5.32 Å². The molecule has 0 saturated carbocycles. The fourth-order valence-electron chi connectivity index (χ4n) is 1.35. The highest BCUT2D eigenvalue weighted by molar-refractivity contribution is 6.31. The van der Waals surface area contributed by atoms with Crippen molar-refractivity contribution in [2.75, 3.05) is 18.5 Å². The van der Waals surface area contributed by atoms with E-state index in [0.717, 1.165) is 11.4 Å². The van der Waals surface area contributed by atoms with Crippen LogP contribution in [0.1, 0.15) is 24.7 Å². The molecule has 0 atom stereocenters. The number of nitrogens with one attached hydrogen (secondary N) is 1. The molecule has 0 bridgehead atoms. The second-order valence-electron chi connectivity index (χ2n) is 4.11. The molecule has 0 radical (unpaired) electrons. The van der Waals surface area contributed by atoms with E-state index < -0.39 is 5.54 Å². The molecular weight excluding hydrogens is 242 g/mol. The van der Waals surface area contributed by atoms with E-state index in [1.807, 2.05) is 20.8 Å². The largest absolute Gasteiger partial charge is 0.394 e. The van der Waals surface area contributed by atoms with Gasteiger partial charge in [-0.2, -0.15) is 0 Å². The Balaban J connectivity index is 3.05. The Labute approximate surface area is 106 Å². The lowest BCUT2D eigenvalue weighted by Gasteiger charge is -2.30. The van der Waals surface area contributed by atoms with E-state index in [9.17, 15) is 10.2 Å². The first-order valence-corrected chi connectivity index (χ1v) is 5.86. The predicted molar refractivity (Wildman–Crippen MR) is 67.3 cm³/mol. The third-order valence-corrected chi connectivity index (χ3v) is 3.19. The summed E-state index contributed by atoms with van der Waals surface area (Å²) < 4.78 is 0. The lowest BCUT2D eigenvalue weighted by molar-refractivity contribution is 0.132. The van der Waals surface area contributed by atoms with Gasteiger partial charge in [-0.15, -0.1) is 0 Å². The number of aliphatic hydroxyl groups excluding tert-OH is 2. The van der Waals surface area contributed by atoms with Crippen LogP contribution in [0, 0.1) is 13.8 Å². The molecule has 0 saturated heterocycles. The standard InChI is InChI=1S/C11H18ClN3O2/c1-4-11(5-16,6-17)15-10-9(12)13-7(2)8(3)14-10/h16-17H,4-6H2,1-3H3,(H,14,15). The number of aliphatic hydroxyl groups is 2. The summed E-state index contributed by atoms with van der Waals surface area (Å²) >= 11 is 5.98. The molecule has 1 heterocycles. The Morgan fingerprint density at radius 3 is 2.18 bits per heavy atom. The zero-order chi connectivity index (χ0) is 13.1. The summed E-state index contributed by atoms with van der Waals surface area (Å²) in [7, 11) is 0. The number of nitrogens with zero attached hydrogens (tertiary/aromatic N) is 2. The summed E-state index contributed by atoms with van der Waals surface area (Å²) in [5.41, 5.74) is 0.702. The third kappa shape index (κ3) is 3.06. The smallest absolute Gasteiger partial charge is 0.171 e. The van der Waals surface area contributed by atoms with Crippen molar-refractivity contribution in [2.24, 2.45) is 0 Å². The quantitative estimate of drug-likeness (QED) is 0.743. The monoisotopic (exact) mass is 259 g/mol. The Bertz CT molecular complexity index is 386. The van der Waals surface area contributed by atoms with E-state index in [-0.39, 0.29) is 18.4 Å². The molecule has 1 aromatic rings. The molecule has 0 aliphatic heterocycles. The van der Waals surface area contributed by atoms with Crippen LogP contribution in [-0.4, -0.2) is 38.9 Å². The van der Waals surface area contributed by atoms with Gasteiger partial charge in [0, 0.05) is 0 Å². The van der Waals surface area contributed by atoms with Gasteiger partial charge in [0.2, 0.25) is 0 Å². The molecule has 6 heteroatoms. The molecule has 1 rings (SSSR count). The summed E-state index contributed by atoms with van der Waals surface area (Å²) in [5, 5.41) is 21.9. The Morgan fingerprint density at radius 2 is 1.71 bits per heavy atom. The molecule has 0 aliphatic rings. The minimum absolute atomic E-state index is 0.203. The topological polar surface area (TPSA) is 78.3 Å². The lowest BCUT2D eigenvalue weighted by Crippen LogP contribution is -2.45. The van der Waals surface area contributed by atoms with Crippen LogP contribution in [0.25, 0.3) is 0 Å². The number of rotatable bonds is 5. The zero-order valence-corrected chi connectivity index (χ0v) is 11.0. The molecule has 0 fully saturated rings. The number of aryl methyl sites for hydroxylation is 2. The van der Waals surface area contributed by atoms with Crippen LogP contribution in [0.4, 0.5) is 5.82 Å². The van der Waals surface area contributed by atoms with Crippen molar-refractivity contribution in [3.63, 3.8) is 0 Å². The van der Waals surface area contributed by atoms with E-state index in [1.54, 1.807) is 0 Å². The van der Waals surface area contributed by atoms with Gasteiger partial charge >= 0.3 is 0 Å². The van der Waals surface area contributed by atoms with Crippen molar-refractivity contribution in [1.82, 2.24) is 9.97 Å². The van der Waals surface area contributed by atoms with Crippen LogP contribution in [0.15, 0.2) is 0 Å². The first kappa shape index (κ1) is 14.2. The summed E-state index contributed by atoms with van der Waals surface area (Å²) in [6.07, 6.45) is 0.547. The molecule has 0 amide bonds. The first-order chi connectivity index (χ1) is 7.98. The van der Waals surface area contributed by atoms with Crippen molar-refractivity contribution in [1.29, 1.82) is 0 Å². The number of hydrogen-bond acceptors (Lipinski definition) is 5. The van der Waals surface area contributed by atoms with Crippen LogP contribution in [0.2, 0.25) is 5.15 Å². The van der Waals surface area contributed by atoms with Gasteiger partial charge in [-0.05, 0) is 20.3 Å². The van der Waals surface area contributed by atoms with E-state index >= 15 is 0 Å². The first-order valence-electron chi connectivity index (χ1n) is 5.48. The molecule has 5 nitrogen and oxygen atoms in total. The maximum atomic E-state index is 9.34. The fourth-order valence-corrected chi connectivity index (χ4v) is 1.56. The van der Waals surface area contributed by atoms with Crippen LogP contribution in [0.3, 0.4) is 0 Å². The predicted octanol–water partition coefficient (Wildman–Crippen LogP) is 1.29. The molecule has 0 aromatic carbocycles. The molecule has 0 unspecified atom stereocenters. The normalized spacial score (nSPS) is 11.6. The molecule has 0 spiro atoms. The SMILES string of the molecule is CCC(CO)(CO)Nc1nc(C)c(C)nc1Cl. The van der Waals surface area contributed by atoms with Gasteiger partial charge in [0.25, 0.3) is 0 Å². The summed E-state index contributed by atoms with van der Waals surface area (Å²) in [4.78, 5) is 8.41. The van der Waals surface area contributed by atoms with E-state index in [2.05, 4.69) is 15.3 Å². The minimum Gasteiger partial charge on any atom is -0.394 e. The fraction of sp³-hybridized carbons (Fsp3) is 0.636. The van der Waals surface area contributed by atoms with Gasteiger partial charge in [0.05, 0.1) is 30.1 Å². The van der Waals surface area contributed by atoms with Crippen molar-refractivity contribution < 1.29 is 10.2 Å². The van der Waals surface area contributed by atoms with Crippen molar-refractivity contribution in [2.45, 2.75) is 32.7 Å². The Hall–Kier alpha value is -0.910. The van der Waals surface area contributed by atoms with Crippen molar-refractivity contribution >= 4 is 17.4 Å². The van der Waals surface area contributed by atoms with Gasteiger partial charge < -0.3 is 15.5 Å². The van der Waals surface area contributed by atoms with E-state index in [4.69, 9.17) is 11.6 Å². The highest BCUT2D eigenvalue weighted by Crippen LogP contribution is 2.23. The third-order valence-electron chi connectivity index (χ3n) is 2.93. The second-order valence-corrected chi connectivity index (χ2v) is 4.47. The van der Waals surface area contributed by atoms with E-state index in [0.29, 0.717) is 12.2 Å². The highest BCUT2D eigenvalue weighted by Gasteiger charge is 2.28. The maximum absolute atomic E-state index is 9.34. The average molecular weight is 260 g/mol. The average Bonchev–Trinajstić information content (AvgIpc) is 2.33. The molecule has 3 N–H and O–H groups in total. The minimum atomic E-state index is -0.819. The molecule has 0 aliphatic carbocycles. The lowest BCUT2D eigenvalue weighted by atomic mass is 9.99. The van der Waals surface area contributed by atoms with Crippen LogP contribution in [-0.2, 0) is 0 Å². The summed E-state index contributed by atoms with van der Waals surface area (Å²) in [6.45, 7) is 5.11. The molecule has 17 heavy (non-hydrogen) atoms. The van der Waals surface area contributed by atoms with Gasteiger partial charge in [-0.3, -0.25) is 0 Å². The summed E-state index contributed by atoms with van der Waals surface area (Å²) in [5.74, 6) is 0.389. The zero-order valence-electron chi connectivity index (χ0n) is 10.3. The van der Waals surface area contributed by atoms with Crippen LogP contribution >= 0.6 is 11.6 Å². The number of anilines is 1. The number of aromatic nitrogens is 2. The molecule has 1 aromatic heterocycles. The maximum Gasteiger partial charge on any atom is 0.171 e. The van der Waals surface area contributed by atoms with E-state index in [1.165, 1.54) is 0 Å².